The highest BCUT2D eigenvalue weighted by Gasteiger charge is 2.32. The van der Waals surface area contributed by atoms with Gasteiger partial charge in [-0.2, -0.15) is 4.31 Å². The van der Waals surface area contributed by atoms with Crippen molar-refractivity contribution < 1.29 is 22.7 Å². The molecule has 1 atom stereocenters. The van der Waals surface area contributed by atoms with Crippen LogP contribution in [0.15, 0.2) is 53.6 Å². The first-order valence-electron chi connectivity index (χ1n) is 11.3. The Kier molecular flexibility index (Phi) is 5.78. The van der Waals surface area contributed by atoms with Crippen molar-refractivity contribution in [2.75, 3.05) is 31.5 Å². The fourth-order valence-corrected chi connectivity index (χ4v) is 5.86. The minimum Gasteiger partial charge on any atom is -0.479 e. The van der Waals surface area contributed by atoms with Gasteiger partial charge in [0.15, 0.2) is 6.10 Å². The van der Waals surface area contributed by atoms with Gasteiger partial charge >= 0.3 is 0 Å². The number of hydrogen-bond donors (Lipinski definition) is 2. The summed E-state index contributed by atoms with van der Waals surface area (Å²) in [6.45, 7) is 2.75. The average Bonchev–Trinajstić information content (AvgIpc) is 3.26. The van der Waals surface area contributed by atoms with Crippen molar-refractivity contribution in [2.45, 2.75) is 30.8 Å². The summed E-state index contributed by atoms with van der Waals surface area (Å²) in [5.74, 6) is 0.142. The van der Waals surface area contributed by atoms with Crippen molar-refractivity contribution in [3.8, 4) is 5.75 Å². The van der Waals surface area contributed by atoms with Crippen molar-refractivity contribution in [1.82, 2.24) is 14.2 Å². The molecular formula is C24H26N4O5S. The number of H-pyrrole nitrogens is 1. The number of benzene rings is 2. The summed E-state index contributed by atoms with van der Waals surface area (Å²) in [7, 11) is -3.76. The first kappa shape index (κ1) is 22.4. The van der Waals surface area contributed by atoms with Crippen LogP contribution in [0.5, 0.6) is 5.75 Å². The number of aromatic nitrogens is 1. The fourth-order valence-electron chi connectivity index (χ4n) is 4.41. The Morgan fingerprint density at radius 3 is 2.68 bits per heavy atom. The Hall–Kier alpha value is -3.37. The second-order valence-corrected chi connectivity index (χ2v) is 10.5. The molecule has 10 heteroatoms. The van der Waals surface area contributed by atoms with Gasteiger partial charge in [0.25, 0.3) is 5.91 Å². The Bertz CT molecular complexity index is 1360. The second kappa shape index (κ2) is 8.77. The summed E-state index contributed by atoms with van der Waals surface area (Å²) >= 11 is 0. The number of aromatic amines is 1. The molecule has 1 aromatic heterocycles. The predicted octanol–water partition coefficient (Wildman–Crippen LogP) is 2.35. The quantitative estimate of drug-likeness (QED) is 0.580. The van der Waals surface area contributed by atoms with Crippen molar-refractivity contribution in [1.29, 1.82) is 0 Å². The van der Waals surface area contributed by atoms with Crippen LogP contribution in [0.3, 0.4) is 0 Å². The molecule has 2 N–H and O–H groups in total. The number of hydrogen-bond acceptors (Lipinski definition) is 5. The molecule has 0 aliphatic carbocycles. The van der Waals surface area contributed by atoms with E-state index in [1.165, 1.54) is 16.4 Å². The lowest BCUT2D eigenvalue weighted by molar-refractivity contribution is -0.132. The standard InChI is InChI=1S/C24H26N4O5S/c1-16-24(30)26-21-14-18(7-8-22(21)33-16)34(31,32)28-12-10-27(11-13-28)23(29)9-6-17-15-25-20-5-3-2-4-19(17)20/h2-5,7-8,14-16,25H,6,9-13H2,1H3,(H,26,30)/t16-/m0/s1. The van der Waals surface area contributed by atoms with E-state index >= 15 is 0 Å². The number of carbonyl (C=O) groups is 2. The van der Waals surface area contributed by atoms with Crippen molar-refractivity contribution >= 4 is 38.4 Å². The van der Waals surface area contributed by atoms with Crippen LogP contribution in [0, 0.1) is 0 Å². The number of ether oxygens (including phenoxy) is 1. The molecule has 2 amide bonds. The maximum absolute atomic E-state index is 13.2. The van der Waals surface area contributed by atoms with Crippen LogP contribution >= 0.6 is 0 Å². The van der Waals surface area contributed by atoms with Gasteiger partial charge in [-0.15, -0.1) is 0 Å². The predicted molar refractivity (Wildman–Crippen MR) is 127 cm³/mol. The molecule has 0 radical (unpaired) electrons. The summed E-state index contributed by atoms with van der Waals surface area (Å²) in [5, 5.41) is 3.80. The number of sulfonamides is 1. The highest BCUT2D eigenvalue weighted by atomic mass is 32.2. The Balaban J connectivity index is 1.20. The summed E-state index contributed by atoms with van der Waals surface area (Å²) in [4.78, 5) is 29.7. The third-order valence-corrected chi connectivity index (χ3v) is 8.29. The molecule has 0 saturated carbocycles. The SMILES string of the molecule is C[C@@H]1Oc2ccc(S(=O)(=O)N3CCN(C(=O)CCc4c[nH]c5ccccc45)CC3)cc2NC1=O. The van der Waals surface area contributed by atoms with E-state index < -0.39 is 16.1 Å². The minimum atomic E-state index is -3.76. The molecule has 1 fully saturated rings. The molecular weight excluding hydrogens is 456 g/mol. The second-order valence-electron chi connectivity index (χ2n) is 8.55. The maximum atomic E-state index is 13.2. The van der Waals surface area contributed by atoms with E-state index in [0.29, 0.717) is 37.4 Å². The number of anilines is 1. The lowest BCUT2D eigenvalue weighted by Gasteiger charge is -2.34. The lowest BCUT2D eigenvalue weighted by atomic mass is 10.1. The average molecular weight is 483 g/mol. The number of amides is 2. The molecule has 0 bridgehead atoms. The van der Waals surface area contributed by atoms with E-state index in [-0.39, 0.29) is 29.8 Å². The van der Waals surface area contributed by atoms with Crippen molar-refractivity contribution in [3.63, 3.8) is 0 Å². The van der Waals surface area contributed by atoms with Crippen LogP contribution in [0.4, 0.5) is 5.69 Å². The monoisotopic (exact) mass is 482 g/mol. The highest BCUT2D eigenvalue weighted by molar-refractivity contribution is 7.89. The molecule has 5 rings (SSSR count). The van der Waals surface area contributed by atoms with Crippen molar-refractivity contribution in [3.05, 3.63) is 54.2 Å². The molecule has 0 spiro atoms. The zero-order chi connectivity index (χ0) is 23.9. The third kappa shape index (κ3) is 4.14. The van der Waals surface area contributed by atoms with Crippen LogP contribution in [0.2, 0.25) is 0 Å². The number of piperazine rings is 1. The van der Waals surface area contributed by atoms with E-state index in [0.717, 1.165) is 16.5 Å². The largest absolute Gasteiger partial charge is 0.479 e. The lowest BCUT2D eigenvalue weighted by Crippen LogP contribution is -2.50. The molecule has 0 unspecified atom stereocenters. The summed E-state index contributed by atoms with van der Waals surface area (Å²) in [6, 6.07) is 12.5. The molecule has 2 aliphatic heterocycles. The number of nitrogens with zero attached hydrogens (tertiary/aromatic N) is 2. The summed E-state index contributed by atoms with van der Waals surface area (Å²) in [5.41, 5.74) is 2.49. The van der Waals surface area contributed by atoms with Gasteiger partial charge in [0.1, 0.15) is 5.75 Å². The van der Waals surface area contributed by atoms with Crippen LogP contribution in [-0.2, 0) is 26.0 Å². The number of nitrogens with one attached hydrogen (secondary N) is 2. The molecule has 34 heavy (non-hydrogen) atoms. The van der Waals surface area contributed by atoms with E-state index in [4.69, 9.17) is 4.74 Å². The van der Waals surface area contributed by atoms with Crippen LogP contribution in [0.25, 0.3) is 10.9 Å². The smallest absolute Gasteiger partial charge is 0.265 e. The molecule has 3 heterocycles. The van der Waals surface area contributed by atoms with Crippen LogP contribution in [-0.4, -0.2) is 66.7 Å². The molecule has 2 aromatic carbocycles. The number of para-hydroxylation sites is 1. The number of aryl methyl sites for hydroxylation is 1. The first-order valence-corrected chi connectivity index (χ1v) is 12.7. The first-order chi connectivity index (χ1) is 16.3. The summed E-state index contributed by atoms with van der Waals surface area (Å²) in [6.07, 6.45) is 2.31. The zero-order valence-electron chi connectivity index (χ0n) is 18.8. The number of carbonyl (C=O) groups excluding carboxylic acids is 2. The van der Waals surface area contributed by atoms with Gasteiger partial charge in [-0.1, -0.05) is 18.2 Å². The Morgan fingerprint density at radius 1 is 1.12 bits per heavy atom. The Morgan fingerprint density at radius 2 is 1.88 bits per heavy atom. The molecule has 3 aromatic rings. The van der Waals surface area contributed by atoms with Crippen LogP contribution in [0.1, 0.15) is 18.9 Å². The normalized spacial score (nSPS) is 18.9. The van der Waals surface area contributed by atoms with Gasteiger partial charge in [0.2, 0.25) is 15.9 Å². The van der Waals surface area contributed by atoms with Gasteiger partial charge in [-0.25, -0.2) is 8.42 Å². The van der Waals surface area contributed by atoms with E-state index in [9.17, 15) is 18.0 Å². The third-order valence-electron chi connectivity index (χ3n) is 6.39. The van der Waals surface area contributed by atoms with E-state index in [1.54, 1.807) is 17.9 Å². The molecule has 9 nitrogen and oxygen atoms in total. The highest BCUT2D eigenvalue weighted by Crippen LogP contribution is 2.33. The van der Waals surface area contributed by atoms with Gasteiger partial charge in [0.05, 0.1) is 10.6 Å². The number of rotatable bonds is 5. The van der Waals surface area contributed by atoms with Gasteiger partial charge in [-0.05, 0) is 43.2 Å². The van der Waals surface area contributed by atoms with Crippen molar-refractivity contribution in [2.24, 2.45) is 0 Å². The van der Waals surface area contributed by atoms with E-state index in [2.05, 4.69) is 10.3 Å². The van der Waals surface area contributed by atoms with Crippen LogP contribution < -0.4 is 10.1 Å². The molecule has 2 aliphatic rings. The molecule has 178 valence electrons. The molecule has 1 saturated heterocycles. The zero-order valence-corrected chi connectivity index (χ0v) is 19.6. The van der Waals surface area contributed by atoms with Gasteiger partial charge in [-0.3, -0.25) is 9.59 Å². The Labute approximate surface area is 197 Å². The maximum Gasteiger partial charge on any atom is 0.265 e. The van der Waals surface area contributed by atoms with Gasteiger partial charge < -0.3 is 19.9 Å². The fraction of sp³-hybridized carbons (Fsp3) is 0.333. The van der Waals surface area contributed by atoms with E-state index in [1.807, 2.05) is 30.5 Å². The summed E-state index contributed by atoms with van der Waals surface area (Å²) < 4.78 is 33.2. The van der Waals surface area contributed by atoms with Gasteiger partial charge in [0, 0.05) is 49.7 Å². The topological polar surface area (TPSA) is 112 Å². The number of fused-ring (bicyclic) bond motifs is 2. The minimum absolute atomic E-state index is 0.0186.